The molecule has 2 aliphatic rings. The second-order valence-corrected chi connectivity index (χ2v) is 10.0. The molecule has 144 valence electrons. The van der Waals surface area contributed by atoms with Gasteiger partial charge in [0.15, 0.2) is 0 Å². The van der Waals surface area contributed by atoms with Crippen LogP contribution >= 0.6 is 23.1 Å². The third-order valence-electron chi connectivity index (χ3n) is 5.37. The van der Waals surface area contributed by atoms with E-state index in [0.29, 0.717) is 11.8 Å². The highest BCUT2D eigenvalue weighted by Crippen LogP contribution is 2.46. The van der Waals surface area contributed by atoms with Gasteiger partial charge in [0.25, 0.3) is 0 Å². The van der Waals surface area contributed by atoms with Crippen LogP contribution in [0.25, 0.3) is 10.4 Å². The van der Waals surface area contributed by atoms with E-state index in [1.165, 1.54) is 65.3 Å². The molecule has 0 bridgehead atoms. The standard InChI is InChI=1S/C23H24N2OS2/c1-2-6-16(7-3-1)23-25-15-21(28-23)19-12-9-17(14-20(19)27-18-10-11-18)26-22-8-4-5-13-24-22/h4-5,8-9,12-16,18H,1-3,6-7,10-11H2. The first-order valence-corrected chi connectivity index (χ1v) is 11.9. The van der Waals surface area contributed by atoms with Crippen molar-refractivity contribution in [1.82, 2.24) is 9.97 Å². The molecular formula is C23H24N2OS2. The van der Waals surface area contributed by atoms with E-state index in [4.69, 9.17) is 9.72 Å². The molecule has 0 amide bonds. The molecule has 2 aliphatic carbocycles. The zero-order valence-electron chi connectivity index (χ0n) is 15.8. The highest BCUT2D eigenvalue weighted by molar-refractivity contribution is 8.00. The van der Waals surface area contributed by atoms with Crippen molar-refractivity contribution >= 4 is 23.1 Å². The first-order valence-electron chi connectivity index (χ1n) is 10.2. The molecule has 0 aliphatic heterocycles. The van der Waals surface area contributed by atoms with Crippen LogP contribution in [0.1, 0.15) is 55.9 Å². The summed E-state index contributed by atoms with van der Waals surface area (Å²) in [6, 6.07) is 12.2. The summed E-state index contributed by atoms with van der Waals surface area (Å²) < 4.78 is 5.98. The number of aromatic nitrogens is 2. The number of hydrogen-bond donors (Lipinski definition) is 0. The number of pyridine rings is 1. The number of hydrogen-bond acceptors (Lipinski definition) is 5. The molecule has 0 saturated heterocycles. The largest absolute Gasteiger partial charge is 0.439 e. The summed E-state index contributed by atoms with van der Waals surface area (Å²) in [4.78, 5) is 11.7. The fourth-order valence-electron chi connectivity index (χ4n) is 3.71. The van der Waals surface area contributed by atoms with Crippen LogP contribution < -0.4 is 4.74 Å². The highest BCUT2D eigenvalue weighted by atomic mass is 32.2. The average molecular weight is 409 g/mol. The molecule has 3 nitrogen and oxygen atoms in total. The zero-order chi connectivity index (χ0) is 18.8. The van der Waals surface area contributed by atoms with E-state index in [0.717, 1.165) is 11.0 Å². The van der Waals surface area contributed by atoms with Gasteiger partial charge >= 0.3 is 0 Å². The Labute approximate surface area is 174 Å². The lowest BCUT2D eigenvalue weighted by Gasteiger charge is -2.18. The van der Waals surface area contributed by atoms with Gasteiger partial charge in [-0.05, 0) is 49.9 Å². The first-order chi connectivity index (χ1) is 13.8. The summed E-state index contributed by atoms with van der Waals surface area (Å²) in [7, 11) is 0. The van der Waals surface area contributed by atoms with Gasteiger partial charge in [-0.3, -0.25) is 0 Å². The minimum absolute atomic E-state index is 0.634. The summed E-state index contributed by atoms with van der Waals surface area (Å²) in [6.07, 6.45) is 13.1. The van der Waals surface area contributed by atoms with Gasteiger partial charge < -0.3 is 4.74 Å². The van der Waals surface area contributed by atoms with Gasteiger partial charge in [-0.2, -0.15) is 0 Å². The van der Waals surface area contributed by atoms with Crippen LogP contribution in [0.3, 0.4) is 0 Å². The molecule has 2 heterocycles. The van der Waals surface area contributed by atoms with Crippen molar-refractivity contribution < 1.29 is 4.74 Å². The average Bonchev–Trinajstić information content (AvgIpc) is 3.42. The van der Waals surface area contributed by atoms with Crippen molar-refractivity contribution in [2.45, 2.75) is 61.0 Å². The molecule has 28 heavy (non-hydrogen) atoms. The van der Waals surface area contributed by atoms with Crippen molar-refractivity contribution in [3.05, 3.63) is 53.8 Å². The van der Waals surface area contributed by atoms with E-state index in [1.807, 2.05) is 41.3 Å². The van der Waals surface area contributed by atoms with E-state index in [1.54, 1.807) is 6.20 Å². The Balaban J connectivity index is 1.42. The third kappa shape index (κ3) is 4.26. The number of ether oxygens (including phenoxy) is 1. The highest BCUT2D eigenvalue weighted by Gasteiger charge is 2.25. The first kappa shape index (κ1) is 18.2. The Morgan fingerprint density at radius 2 is 1.86 bits per heavy atom. The second kappa shape index (κ2) is 8.26. The number of thioether (sulfide) groups is 1. The summed E-state index contributed by atoms with van der Waals surface area (Å²) in [5.41, 5.74) is 1.30. The van der Waals surface area contributed by atoms with Crippen LogP contribution in [0.5, 0.6) is 11.6 Å². The molecule has 0 spiro atoms. The van der Waals surface area contributed by atoms with Crippen LogP contribution in [0.2, 0.25) is 0 Å². The molecule has 0 radical (unpaired) electrons. The third-order valence-corrected chi connectivity index (χ3v) is 7.96. The number of thiazole rings is 1. The second-order valence-electron chi connectivity index (χ2n) is 7.64. The van der Waals surface area contributed by atoms with Gasteiger partial charge in [0.2, 0.25) is 5.88 Å². The van der Waals surface area contributed by atoms with Gasteiger partial charge in [-0.1, -0.05) is 25.3 Å². The van der Waals surface area contributed by atoms with Crippen molar-refractivity contribution in [1.29, 1.82) is 0 Å². The van der Waals surface area contributed by atoms with E-state index in [2.05, 4.69) is 29.4 Å². The van der Waals surface area contributed by atoms with Crippen molar-refractivity contribution in [2.75, 3.05) is 0 Å². The maximum atomic E-state index is 5.98. The fraction of sp³-hybridized carbons (Fsp3) is 0.391. The lowest BCUT2D eigenvalue weighted by Crippen LogP contribution is -2.03. The number of rotatable bonds is 6. The minimum Gasteiger partial charge on any atom is -0.439 e. The molecule has 5 heteroatoms. The van der Waals surface area contributed by atoms with Gasteiger partial charge in [0.1, 0.15) is 5.75 Å². The Morgan fingerprint density at radius 1 is 0.964 bits per heavy atom. The van der Waals surface area contributed by atoms with Crippen LogP contribution in [-0.4, -0.2) is 15.2 Å². The van der Waals surface area contributed by atoms with Gasteiger partial charge in [-0.15, -0.1) is 23.1 Å². The predicted molar refractivity (Wildman–Crippen MR) is 117 cm³/mol. The van der Waals surface area contributed by atoms with Crippen LogP contribution in [0, 0.1) is 0 Å². The molecule has 0 N–H and O–H groups in total. The normalized spacial score (nSPS) is 17.6. The summed E-state index contributed by atoms with van der Waals surface area (Å²) in [5, 5.41) is 2.07. The van der Waals surface area contributed by atoms with E-state index in [-0.39, 0.29) is 0 Å². The van der Waals surface area contributed by atoms with Gasteiger partial charge in [0.05, 0.1) is 9.88 Å². The number of nitrogens with zero attached hydrogens (tertiary/aromatic N) is 2. The smallest absolute Gasteiger partial charge is 0.219 e. The van der Waals surface area contributed by atoms with E-state index < -0.39 is 0 Å². The molecule has 0 atom stereocenters. The zero-order valence-corrected chi connectivity index (χ0v) is 17.5. The predicted octanol–water partition coefficient (Wildman–Crippen LogP) is 7.30. The monoisotopic (exact) mass is 408 g/mol. The molecule has 1 aromatic carbocycles. The Morgan fingerprint density at radius 3 is 2.64 bits per heavy atom. The molecule has 3 aromatic rings. The molecule has 2 saturated carbocycles. The molecule has 2 aromatic heterocycles. The lowest BCUT2D eigenvalue weighted by molar-refractivity contribution is 0.442. The Bertz CT molecular complexity index is 931. The molecular weight excluding hydrogens is 384 g/mol. The maximum absolute atomic E-state index is 5.98. The SMILES string of the molecule is c1ccc(Oc2ccc(-c3cnc(C4CCCCC4)s3)c(SC3CC3)c2)nc1. The van der Waals surface area contributed by atoms with E-state index in [9.17, 15) is 0 Å². The summed E-state index contributed by atoms with van der Waals surface area (Å²) in [6.45, 7) is 0. The van der Waals surface area contributed by atoms with Crippen LogP contribution in [0.15, 0.2) is 53.7 Å². The maximum Gasteiger partial charge on any atom is 0.219 e. The Kier molecular flexibility index (Phi) is 5.37. The topological polar surface area (TPSA) is 35.0 Å². The summed E-state index contributed by atoms with van der Waals surface area (Å²) >= 11 is 3.87. The molecule has 0 unspecified atom stereocenters. The van der Waals surface area contributed by atoms with Crippen molar-refractivity contribution in [2.24, 2.45) is 0 Å². The number of benzene rings is 1. The quantitative estimate of drug-likeness (QED) is 0.428. The van der Waals surface area contributed by atoms with Crippen molar-refractivity contribution in [3.8, 4) is 22.1 Å². The van der Waals surface area contributed by atoms with E-state index >= 15 is 0 Å². The lowest BCUT2D eigenvalue weighted by atomic mass is 9.90. The van der Waals surface area contributed by atoms with Crippen LogP contribution in [0.4, 0.5) is 0 Å². The van der Waals surface area contributed by atoms with Gasteiger partial charge in [-0.25, -0.2) is 9.97 Å². The molecule has 2 fully saturated rings. The van der Waals surface area contributed by atoms with Gasteiger partial charge in [0, 0.05) is 40.1 Å². The fourth-order valence-corrected chi connectivity index (χ4v) is 6.12. The Hall–Kier alpha value is -1.85. The molecule has 5 rings (SSSR count). The van der Waals surface area contributed by atoms with Crippen molar-refractivity contribution in [3.63, 3.8) is 0 Å². The van der Waals surface area contributed by atoms with Crippen LogP contribution in [-0.2, 0) is 0 Å². The minimum atomic E-state index is 0.634. The summed E-state index contributed by atoms with van der Waals surface area (Å²) in [5.74, 6) is 2.15.